The maximum absolute atomic E-state index is 3.22. The van der Waals surface area contributed by atoms with Crippen LogP contribution in [0, 0.1) is 0 Å². The second-order valence-corrected chi connectivity index (χ2v) is 3.76. The van der Waals surface area contributed by atoms with Gasteiger partial charge < -0.3 is 5.32 Å². The fraction of sp³-hybridized carbons (Fsp3) is 0.538. The summed E-state index contributed by atoms with van der Waals surface area (Å²) in [7, 11) is 1.99. The Morgan fingerprint density at radius 3 is 2.20 bits per heavy atom. The van der Waals surface area contributed by atoms with Gasteiger partial charge in [-0.15, -0.1) is 0 Å². The number of benzene rings is 1. The van der Waals surface area contributed by atoms with Crippen LogP contribution in [0.3, 0.4) is 0 Å². The van der Waals surface area contributed by atoms with Gasteiger partial charge in [0.15, 0.2) is 0 Å². The number of rotatable bonds is 6. The molecule has 0 aliphatic rings. The molecule has 0 aliphatic carbocycles. The summed E-state index contributed by atoms with van der Waals surface area (Å²) in [5.41, 5.74) is 2.85. The van der Waals surface area contributed by atoms with Crippen molar-refractivity contribution in [3.63, 3.8) is 0 Å². The highest BCUT2D eigenvalue weighted by Crippen LogP contribution is 2.11. The molecule has 0 unspecified atom stereocenters. The predicted molar refractivity (Wildman–Crippen MR) is 65.8 cm³/mol. The first-order valence-electron chi connectivity index (χ1n) is 5.75. The van der Waals surface area contributed by atoms with Crippen LogP contribution < -0.4 is 5.32 Å². The summed E-state index contributed by atoms with van der Waals surface area (Å²) in [6.45, 7) is 8.67. The Morgan fingerprint density at radius 1 is 1.07 bits per heavy atom. The van der Waals surface area contributed by atoms with Crippen molar-refractivity contribution in [2.24, 2.45) is 0 Å². The van der Waals surface area contributed by atoms with E-state index in [0.717, 1.165) is 26.2 Å². The van der Waals surface area contributed by atoms with Crippen molar-refractivity contribution in [2.45, 2.75) is 26.9 Å². The van der Waals surface area contributed by atoms with Crippen molar-refractivity contribution in [3.05, 3.63) is 35.4 Å². The van der Waals surface area contributed by atoms with E-state index in [4.69, 9.17) is 0 Å². The van der Waals surface area contributed by atoms with Crippen LogP contribution in [0.25, 0.3) is 0 Å². The molecule has 2 heteroatoms. The molecule has 1 aromatic carbocycles. The summed E-state index contributed by atoms with van der Waals surface area (Å²) in [5.74, 6) is 0. The molecule has 1 aromatic rings. The molecule has 0 fully saturated rings. The number of hydrogen-bond acceptors (Lipinski definition) is 2. The number of nitrogens with zero attached hydrogens (tertiary/aromatic N) is 1. The lowest BCUT2D eigenvalue weighted by Gasteiger charge is -2.20. The molecule has 84 valence electrons. The minimum atomic E-state index is 0.956. The van der Waals surface area contributed by atoms with Crippen LogP contribution in [-0.4, -0.2) is 25.0 Å². The molecular formula is C13H22N2. The van der Waals surface area contributed by atoms with E-state index in [0.29, 0.717) is 0 Å². The van der Waals surface area contributed by atoms with Crippen LogP contribution in [0.1, 0.15) is 25.0 Å². The molecule has 0 aliphatic heterocycles. The van der Waals surface area contributed by atoms with Crippen molar-refractivity contribution in [1.82, 2.24) is 10.2 Å². The first-order valence-corrected chi connectivity index (χ1v) is 5.75. The SMILES string of the molecule is CCN(CC)Cc1ccccc1CNC. The fourth-order valence-corrected chi connectivity index (χ4v) is 1.76. The minimum absolute atomic E-state index is 0.956. The second-order valence-electron chi connectivity index (χ2n) is 3.76. The molecule has 2 nitrogen and oxygen atoms in total. The van der Waals surface area contributed by atoms with E-state index < -0.39 is 0 Å². The van der Waals surface area contributed by atoms with E-state index in [1.54, 1.807) is 0 Å². The van der Waals surface area contributed by atoms with Crippen molar-refractivity contribution in [1.29, 1.82) is 0 Å². The molecule has 0 heterocycles. The molecule has 0 saturated heterocycles. The maximum atomic E-state index is 3.22. The molecular weight excluding hydrogens is 184 g/mol. The first-order chi connectivity index (χ1) is 7.31. The quantitative estimate of drug-likeness (QED) is 0.768. The van der Waals surface area contributed by atoms with E-state index >= 15 is 0 Å². The van der Waals surface area contributed by atoms with Gasteiger partial charge in [-0.1, -0.05) is 38.1 Å². The number of nitrogens with one attached hydrogen (secondary N) is 1. The first kappa shape index (κ1) is 12.2. The van der Waals surface area contributed by atoms with E-state index in [1.807, 2.05) is 7.05 Å². The molecule has 0 aromatic heterocycles. The van der Waals surface area contributed by atoms with Crippen LogP contribution in [0.5, 0.6) is 0 Å². The molecule has 0 atom stereocenters. The Bertz CT molecular complexity index is 280. The smallest absolute Gasteiger partial charge is 0.0236 e. The monoisotopic (exact) mass is 206 g/mol. The third-order valence-corrected chi connectivity index (χ3v) is 2.77. The Balaban J connectivity index is 2.73. The minimum Gasteiger partial charge on any atom is -0.316 e. The molecule has 0 amide bonds. The van der Waals surface area contributed by atoms with E-state index in [-0.39, 0.29) is 0 Å². The largest absolute Gasteiger partial charge is 0.316 e. The van der Waals surface area contributed by atoms with Crippen LogP contribution in [0.15, 0.2) is 24.3 Å². The maximum Gasteiger partial charge on any atom is 0.0236 e. The van der Waals surface area contributed by atoms with Gasteiger partial charge in [0.25, 0.3) is 0 Å². The summed E-state index contributed by atoms with van der Waals surface area (Å²) in [4.78, 5) is 2.44. The Morgan fingerprint density at radius 2 is 1.67 bits per heavy atom. The summed E-state index contributed by atoms with van der Waals surface area (Å²) < 4.78 is 0. The Labute approximate surface area is 93.3 Å². The van der Waals surface area contributed by atoms with Gasteiger partial charge in [-0.25, -0.2) is 0 Å². The normalized spacial score (nSPS) is 10.9. The predicted octanol–water partition coefficient (Wildman–Crippen LogP) is 2.25. The average molecular weight is 206 g/mol. The van der Waals surface area contributed by atoms with Crippen LogP contribution in [0.4, 0.5) is 0 Å². The average Bonchev–Trinajstić information content (AvgIpc) is 2.28. The molecule has 1 N–H and O–H groups in total. The Hall–Kier alpha value is -0.860. The molecule has 1 rings (SSSR count). The highest BCUT2D eigenvalue weighted by molar-refractivity contribution is 5.26. The lowest BCUT2D eigenvalue weighted by Crippen LogP contribution is -2.23. The topological polar surface area (TPSA) is 15.3 Å². The van der Waals surface area contributed by atoms with E-state index in [1.165, 1.54) is 11.1 Å². The van der Waals surface area contributed by atoms with Gasteiger partial charge in [0.05, 0.1) is 0 Å². The van der Waals surface area contributed by atoms with Crippen molar-refractivity contribution in [2.75, 3.05) is 20.1 Å². The standard InChI is InChI=1S/C13H22N2/c1-4-15(5-2)11-13-9-7-6-8-12(13)10-14-3/h6-9,14H,4-5,10-11H2,1-3H3. The van der Waals surface area contributed by atoms with Crippen molar-refractivity contribution in [3.8, 4) is 0 Å². The molecule has 15 heavy (non-hydrogen) atoms. The van der Waals surface area contributed by atoms with Crippen molar-refractivity contribution < 1.29 is 0 Å². The molecule has 0 bridgehead atoms. The fourth-order valence-electron chi connectivity index (χ4n) is 1.76. The van der Waals surface area contributed by atoms with E-state index in [9.17, 15) is 0 Å². The summed E-state index contributed by atoms with van der Waals surface area (Å²) in [6.07, 6.45) is 0. The molecule has 0 saturated carbocycles. The van der Waals surface area contributed by atoms with Gasteiger partial charge in [-0.3, -0.25) is 4.90 Å². The van der Waals surface area contributed by atoms with Gasteiger partial charge >= 0.3 is 0 Å². The lowest BCUT2D eigenvalue weighted by molar-refractivity contribution is 0.295. The Kier molecular flexibility index (Phi) is 5.37. The van der Waals surface area contributed by atoms with Gasteiger partial charge in [-0.2, -0.15) is 0 Å². The summed E-state index contributed by atoms with van der Waals surface area (Å²) in [6, 6.07) is 8.66. The number of hydrogen-bond donors (Lipinski definition) is 1. The summed E-state index contributed by atoms with van der Waals surface area (Å²) >= 11 is 0. The van der Waals surface area contributed by atoms with Gasteiger partial charge in [0.1, 0.15) is 0 Å². The zero-order valence-corrected chi connectivity index (χ0v) is 10.1. The molecule has 0 spiro atoms. The summed E-state index contributed by atoms with van der Waals surface area (Å²) in [5, 5.41) is 3.22. The zero-order chi connectivity index (χ0) is 11.1. The lowest BCUT2D eigenvalue weighted by atomic mass is 10.1. The van der Waals surface area contributed by atoms with E-state index in [2.05, 4.69) is 48.3 Å². The van der Waals surface area contributed by atoms with Crippen molar-refractivity contribution >= 4 is 0 Å². The second kappa shape index (κ2) is 6.59. The zero-order valence-electron chi connectivity index (χ0n) is 10.1. The van der Waals surface area contributed by atoms with Gasteiger partial charge in [-0.05, 0) is 31.3 Å². The third kappa shape index (κ3) is 3.65. The van der Waals surface area contributed by atoms with Gasteiger partial charge in [0.2, 0.25) is 0 Å². The highest BCUT2D eigenvalue weighted by atomic mass is 15.1. The van der Waals surface area contributed by atoms with Crippen LogP contribution in [-0.2, 0) is 13.1 Å². The van der Waals surface area contributed by atoms with Crippen LogP contribution >= 0.6 is 0 Å². The third-order valence-electron chi connectivity index (χ3n) is 2.77. The molecule has 0 radical (unpaired) electrons. The van der Waals surface area contributed by atoms with Crippen LogP contribution in [0.2, 0.25) is 0 Å². The highest BCUT2D eigenvalue weighted by Gasteiger charge is 2.04. The van der Waals surface area contributed by atoms with Gasteiger partial charge in [0, 0.05) is 13.1 Å².